The van der Waals surface area contributed by atoms with Crippen molar-refractivity contribution in [3.8, 4) is 0 Å². The highest BCUT2D eigenvalue weighted by molar-refractivity contribution is 5.97. The molecular weight excluding hydrogens is 176 g/mol. The van der Waals surface area contributed by atoms with Crippen molar-refractivity contribution in [2.75, 3.05) is 26.2 Å². The summed E-state index contributed by atoms with van der Waals surface area (Å²) in [7, 11) is 0. The topological polar surface area (TPSA) is 89.9 Å². The third kappa shape index (κ3) is 2.40. The van der Waals surface area contributed by atoms with Crippen LogP contribution in [-0.2, 0) is 9.59 Å². The lowest BCUT2D eigenvalue weighted by Gasteiger charge is -2.29. The van der Waals surface area contributed by atoms with E-state index in [0.29, 0.717) is 26.2 Å². The number of rotatable bonds is 3. The van der Waals surface area contributed by atoms with Crippen LogP contribution in [0.25, 0.3) is 0 Å². The minimum absolute atomic E-state index is 0.462. The molecule has 0 spiro atoms. The van der Waals surface area contributed by atoms with E-state index >= 15 is 0 Å². The van der Waals surface area contributed by atoms with Crippen molar-refractivity contribution in [3.63, 3.8) is 0 Å². The predicted octanol–water partition coefficient (Wildman–Crippen LogP) is -1.57. The van der Waals surface area contributed by atoms with E-state index in [-0.39, 0.29) is 0 Å². The molecule has 0 bridgehead atoms. The van der Waals surface area contributed by atoms with Crippen LogP contribution in [-0.4, -0.2) is 59.3 Å². The summed E-state index contributed by atoms with van der Waals surface area (Å²) in [5.41, 5.74) is 0. The molecule has 0 aromatic carbocycles. The van der Waals surface area contributed by atoms with Crippen LogP contribution in [0.2, 0.25) is 0 Å². The van der Waals surface area contributed by atoms with E-state index in [4.69, 9.17) is 10.2 Å². The lowest BCUT2D eigenvalue weighted by atomic mass is 10.2. The van der Waals surface area contributed by atoms with Gasteiger partial charge in [-0.2, -0.15) is 0 Å². The second-order valence-electron chi connectivity index (χ2n) is 2.86. The zero-order valence-electron chi connectivity index (χ0n) is 7.06. The van der Waals surface area contributed by atoms with E-state index < -0.39 is 18.0 Å². The van der Waals surface area contributed by atoms with Crippen LogP contribution in [0.1, 0.15) is 0 Å². The Morgan fingerprint density at radius 3 is 2.00 bits per heavy atom. The van der Waals surface area contributed by atoms with Crippen LogP contribution in [0.4, 0.5) is 0 Å². The predicted molar refractivity (Wildman–Crippen MR) is 43.5 cm³/mol. The Morgan fingerprint density at radius 2 is 1.62 bits per heavy atom. The summed E-state index contributed by atoms with van der Waals surface area (Å²) >= 11 is 0. The van der Waals surface area contributed by atoms with Gasteiger partial charge in [-0.15, -0.1) is 0 Å². The summed E-state index contributed by atoms with van der Waals surface area (Å²) in [6, 6.07) is -1.40. The monoisotopic (exact) mass is 188 g/mol. The van der Waals surface area contributed by atoms with Crippen molar-refractivity contribution < 1.29 is 19.8 Å². The van der Waals surface area contributed by atoms with Crippen LogP contribution in [0, 0.1) is 0 Å². The molecule has 0 aromatic rings. The highest BCUT2D eigenvalue weighted by Gasteiger charge is 2.32. The number of aliphatic carboxylic acids is 2. The average molecular weight is 188 g/mol. The van der Waals surface area contributed by atoms with E-state index in [1.807, 2.05) is 0 Å². The number of carbonyl (C=O) groups is 2. The van der Waals surface area contributed by atoms with Gasteiger partial charge in [-0.05, 0) is 0 Å². The van der Waals surface area contributed by atoms with Gasteiger partial charge >= 0.3 is 11.9 Å². The molecule has 1 aliphatic heterocycles. The van der Waals surface area contributed by atoms with Crippen LogP contribution in [0.15, 0.2) is 0 Å². The number of carboxylic acid groups (broad SMARTS) is 2. The molecule has 0 saturated carbocycles. The molecule has 0 amide bonds. The first-order valence-corrected chi connectivity index (χ1v) is 4.03. The Bertz CT molecular complexity index is 199. The molecule has 0 aromatic heterocycles. The van der Waals surface area contributed by atoms with Gasteiger partial charge in [0, 0.05) is 26.2 Å². The fourth-order valence-corrected chi connectivity index (χ4v) is 1.36. The van der Waals surface area contributed by atoms with Gasteiger partial charge in [0.15, 0.2) is 0 Å². The normalized spacial score (nSPS) is 18.8. The number of piperazine rings is 1. The molecule has 1 aliphatic rings. The molecule has 0 radical (unpaired) electrons. The van der Waals surface area contributed by atoms with Crippen molar-refractivity contribution in [2.45, 2.75) is 6.04 Å². The largest absolute Gasteiger partial charge is 0.480 e. The van der Waals surface area contributed by atoms with Crippen LogP contribution in [0.3, 0.4) is 0 Å². The molecule has 6 nitrogen and oxygen atoms in total. The maximum atomic E-state index is 10.6. The Balaban J connectivity index is 2.62. The molecule has 0 unspecified atom stereocenters. The zero-order valence-corrected chi connectivity index (χ0v) is 7.06. The fraction of sp³-hybridized carbons (Fsp3) is 0.714. The highest BCUT2D eigenvalue weighted by Crippen LogP contribution is 2.01. The molecule has 0 atom stereocenters. The molecule has 6 heteroatoms. The van der Waals surface area contributed by atoms with E-state index in [0.717, 1.165) is 0 Å². The maximum Gasteiger partial charge on any atom is 0.332 e. The van der Waals surface area contributed by atoms with Crippen molar-refractivity contribution in [3.05, 3.63) is 0 Å². The van der Waals surface area contributed by atoms with E-state index in [1.54, 1.807) is 0 Å². The van der Waals surface area contributed by atoms with Crippen molar-refractivity contribution in [1.29, 1.82) is 0 Å². The van der Waals surface area contributed by atoms with Crippen molar-refractivity contribution >= 4 is 11.9 Å². The van der Waals surface area contributed by atoms with E-state index in [1.165, 1.54) is 4.90 Å². The number of nitrogens with zero attached hydrogens (tertiary/aromatic N) is 1. The van der Waals surface area contributed by atoms with Gasteiger partial charge < -0.3 is 15.5 Å². The molecule has 13 heavy (non-hydrogen) atoms. The Morgan fingerprint density at radius 1 is 1.15 bits per heavy atom. The lowest BCUT2D eigenvalue weighted by Crippen LogP contribution is -2.54. The fourth-order valence-electron chi connectivity index (χ4n) is 1.36. The first kappa shape index (κ1) is 9.94. The SMILES string of the molecule is O=C(O)C(C(=O)O)N1CCNCC1. The van der Waals surface area contributed by atoms with Gasteiger partial charge in [0.05, 0.1) is 0 Å². The molecule has 3 N–H and O–H groups in total. The summed E-state index contributed by atoms with van der Waals surface area (Å²) in [5.74, 6) is -2.59. The molecule has 74 valence electrons. The van der Waals surface area contributed by atoms with Gasteiger partial charge in [0.25, 0.3) is 0 Å². The number of hydrogen-bond acceptors (Lipinski definition) is 4. The lowest BCUT2D eigenvalue weighted by molar-refractivity contribution is -0.156. The van der Waals surface area contributed by atoms with Crippen LogP contribution in [0.5, 0.6) is 0 Å². The highest BCUT2D eigenvalue weighted by atomic mass is 16.4. The molecule has 0 aliphatic carbocycles. The molecule has 1 fully saturated rings. The standard InChI is InChI=1S/C7H12N2O4/c10-6(11)5(7(12)13)9-3-1-8-2-4-9/h5,8H,1-4H2,(H,10,11)(H,12,13). The van der Waals surface area contributed by atoms with Crippen LogP contribution >= 0.6 is 0 Å². The Kier molecular flexibility index (Phi) is 3.21. The quantitative estimate of drug-likeness (QED) is 0.463. The summed E-state index contributed by atoms with van der Waals surface area (Å²) in [5, 5.41) is 20.3. The summed E-state index contributed by atoms with van der Waals surface area (Å²) in [6.45, 7) is 2.20. The van der Waals surface area contributed by atoms with Crippen molar-refractivity contribution in [1.82, 2.24) is 10.2 Å². The van der Waals surface area contributed by atoms with E-state index in [9.17, 15) is 9.59 Å². The summed E-state index contributed by atoms with van der Waals surface area (Å²) in [6.07, 6.45) is 0. The third-order valence-electron chi connectivity index (χ3n) is 1.98. The smallest absolute Gasteiger partial charge is 0.332 e. The number of nitrogens with one attached hydrogen (secondary N) is 1. The van der Waals surface area contributed by atoms with E-state index in [2.05, 4.69) is 5.32 Å². The first-order chi connectivity index (χ1) is 6.13. The van der Waals surface area contributed by atoms with Gasteiger partial charge in [-0.25, -0.2) is 9.59 Å². The average Bonchev–Trinajstić information content (AvgIpc) is 2.04. The zero-order chi connectivity index (χ0) is 9.84. The molecule has 1 rings (SSSR count). The van der Waals surface area contributed by atoms with Crippen LogP contribution < -0.4 is 5.32 Å². The number of hydrogen-bond donors (Lipinski definition) is 3. The minimum Gasteiger partial charge on any atom is -0.480 e. The Hall–Kier alpha value is -1.14. The summed E-state index contributed by atoms with van der Waals surface area (Å²) < 4.78 is 0. The third-order valence-corrected chi connectivity index (χ3v) is 1.98. The minimum atomic E-state index is -1.40. The number of carboxylic acids is 2. The molecular formula is C7H12N2O4. The summed E-state index contributed by atoms with van der Waals surface area (Å²) in [4.78, 5) is 22.6. The van der Waals surface area contributed by atoms with Gasteiger partial charge in [0.2, 0.25) is 6.04 Å². The van der Waals surface area contributed by atoms with Gasteiger partial charge in [0.1, 0.15) is 0 Å². The Labute approximate surface area is 75.1 Å². The molecule has 1 saturated heterocycles. The second-order valence-corrected chi connectivity index (χ2v) is 2.86. The second kappa shape index (κ2) is 4.20. The van der Waals surface area contributed by atoms with Gasteiger partial charge in [-0.3, -0.25) is 4.90 Å². The maximum absolute atomic E-state index is 10.6. The van der Waals surface area contributed by atoms with Gasteiger partial charge in [-0.1, -0.05) is 0 Å². The first-order valence-electron chi connectivity index (χ1n) is 4.03. The molecule has 1 heterocycles. The van der Waals surface area contributed by atoms with Crippen molar-refractivity contribution in [2.24, 2.45) is 0 Å².